The lowest BCUT2D eigenvalue weighted by Crippen LogP contribution is -2.58. The minimum absolute atomic E-state index is 0.0650. The standard InChI is InChI=1S/C33H55N9O13/c1-7-10-33(6,40-14-26(48)36-12-24(46)34-9-3)23(45)18-42(20-31(54)55)29(51)16-38-27(49)13-39-32(5,8-2)22(44)17-41(19-30(52)53)28(50)15-37-25(47)11-35-21(4)43/h39-40H,7-20H2,1-6H3,(H,34,46)(H,35,43)(H,36,48)(H,37,47)(H,38,49)(H,52,53)(H,54,55). The van der Waals surface area contributed by atoms with Crippen LogP contribution in [-0.4, -0.2) is 168 Å². The van der Waals surface area contributed by atoms with E-state index in [-0.39, 0.29) is 25.9 Å². The first-order valence-corrected chi connectivity index (χ1v) is 17.5. The van der Waals surface area contributed by atoms with Crippen molar-refractivity contribution in [3.63, 3.8) is 0 Å². The molecular formula is C33H55N9O13. The van der Waals surface area contributed by atoms with Crippen LogP contribution < -0.4 is 37.2 Å². The SMILES string of the molecule is CCCC(C)(NCC(=O)NCC(=O)NCC)C(=O)CN(CC(=O)O)C(=O)CNC(=O)CNC(C)(CC)C(=O)CN(CC(=O)O)C(=O)CNC(=O)CNC(C)=O. The molecule has 55 heavy (non-hydrogen) atoms. The van der Waals surface area contributed by atoms with Crippen molar-refractivity contribution in [3.05, 3.63) is 0 Å². The van der Waals surface area contributed by atoms with Gasteiger partial charge in [0.15, 0.2) is 11.6 Å². The van der Waals surface area contributed by atoms with E-state index in [0.29, 0.717) is 17.9 Å². The van der Waals surface area contributed by atoms with Crippen molar-refractivity contribution in [3.8, 4) is 0 Å². The van der Waals surface area contributed by atoms with Gasteiger partial charge in [-0.3, -0.25) is 63.4 Å². The Kier molecular flexibility index (Phi) is 22.3. The predicted molar refractivity (Wildman–Crippen MR) is 193 cm³/mol. The third-order valence-corrected chi connectivity index (χ3v) is 8.18. The Balaban J connectivity index is 5.46. The number of hydrogen-bond acceptors (Lipinski definition) is 13. The molecule has 0 aliphatic heterocycles. The monoisotopic (exact) mass is 785 g/mol. The van der Waals surface area contributed by atoms with E-state index >= 15 is 0 Å². The normalized spacial score (nSPS) is 12.8. The average Bonchev–Trinajstić information content (AvgIpc) is 3.11. The van der Waals surface area contributed by atoms with Gasteiger partial charge in [0.2, 0.25) is 41.4 Å². The summed E-state index contributed by atoms with van der Waals surface area (Å²) < 4.78 is 0. The summed E-state index contributed by atoms with van der Waals surface area (Å²) in [6, 6.07) is 0. The van der Waals surface area contributed by atoms with Gasteiger partial charge >= 0.3 is 11.9 Å². The fraction of sp³-hybridized carbons (Fsp3) is 0.667. The molecule has 0 spiro atoms. The summed E-state index contributed by atoms with van der Waals surface area (Å²) in [5.74, 6) is -9.03. The van der Waals surface area contributed by atoms with E-state index < -0.39 is 128 Å². The van der Waals surface area contributed by atoms with E-state index in [1.807, 2.05) is 0 Å². The van der Waals surface area contributed by atoms with E-state index in [2.05, 4.69) is 37.2 Å². The second-order valence-corrected chi connectivity index (χ2v) is 12.8. The van der Waals surface area contributed by atoms with Crippen molar-refractivity contribution in [2.24, 2.45) is 0 Å². The number of hydrogen-bond donors (Lipinski definition) is 9. The van der Waals surface area contributed by atoms with Crippen LogP contribution in [0.25, 0.3) is 0 Å². The molecule has 0 rings (SSSR count). The molecule has 22 nitrogen and oxygen atoms in total. The van der Waals surface area contributed by atoms with E-state index in [0.717, 1.165) is 4.90 Å². The number of carbonyl (C=O) groups is 11. The quantitative estimate of drug-likeness (QED) is 0.0361. The molecule has 0 bridgehead atoms. The summed E-state index contributed by atoms with van der Waals surface area (Å²) in [5, 5.41) is 35.9. The summed E-state index contributed by atoms with van der Waals surface area (Å²) >= 11 is 0. The molecule has 2 atom stereocenters. The topological polar surface area (TPSA) is 319 Å². The van der Waals surface area contributed by atoms with Crippen LogP contribution in [0.3, 0.4) is 0 Å². The summed E-state index contributed by atoms with van der Waals surface area (Å²) in [6.45, 7) is 3.34. The minimum Gasteiger partial charge on any atom is -0.480 e. The lowest BCUT2D eigenvalue weighted by atomic mass is 9.90. The molecule has 7 amide bonds. The molecule has 310 valence electrons. The van der Waals surface area contributed by atoms with Gasteiger partial charge in [0.1, 0.15) is 13.1 Å². The molecule has 0 heterocycles. The smallest absolute Gasteiger partial charge is 0.323 e. The number of ketones is 2. The molecule has 9 N–H and O–H groups in total. The van der Waals surface area contributed by atoms with E-state index in [1.165, 1.54) is 20.8 Å². The van der Waals surface area contributed by atoms with Gasteiger partial charge in [-0.1, -0.05) is 20.3 Å². The highest BCUT2D eigenvalue weighted by Gasteiger charge is 2.36. The number of nitrogens with one attached hydrogen (secondary N) is 7. The lowest BCUT2D eigenvalue weighted by Gasteiger charge is -2.32. The van der Waals surface area contributed by atoms with Gasteiger partial charge in [0.25, 0.3) is 0 Å². The van der Waals surface area contributed by atoms with Gasteiger partial charge in [-0.25, -0.2) is 0 Å². The molecule has 0 fully saturated rings. The van der Waals surface area contributed by atoms with Crippen molar-refractivity contribution in [1.82, 2.24) is 47.0 Å². The molecule has 0 radical (unpaired) electrons. The van der Waals surface area contributed by atoms with Crippen molar-refractivity contribution in [2.75, 3.05) is 72.0 Å². The number of carbonyl (C=O) groups excluding carboxylic acids is 9. The number of likely N-dealkylation sites (N-methyl/N-ethyl adjacent to an activating group) is 1. The van der Waals surface area contributed by atoms with Gasteiger partial charge in [-0.2, -0.15) is 0 Å². The Labute approximate surface area is 318 Å². The van der Waals surface area contributed by atoms with Gasteiger partial charge in [-0.05, 0) is 33.6 Å². The molecule has 2 unspecified atom stereocenters. The number of amides is 7. The van der Waals surface area contributed by atoms with Gasteiger partial charge in [0, 0.05) is 13.5 Å². The largest absolute Gasteiger partial charge is 0.480 e. The fourth-order valence-corrected chi connectivity index (χ4v) is 4.69. The highest BCUT2D eigenvalue weighted by molar-refractivity contribution is 5.97. The van der Waals surface area contributed by atoms with Crippen LogP contribution in [-0.2, 0) is 52.7 Å². The molecule has 0 saturated carbocycles. The summed E-state index contributed by atoms with van der Waals surface area (Å²) in [6.07, 6.45) is 0.744. The van der Waals surface area contributed by atoms with Crippen LogP contribution in [0, 0.1) is 0 Å². The van der Waals surface area contributed by atoms with Crippen molar-refractivity contribution >= 4 is 64.9 Å². The van der Waals surface area contributed by atoms with Crippen molar-refractivity contribution in [1.29, 1.82) is 0 Å². The number of rotatable bonds is 28. The molecule has 0 aromatic carbocycles. The maximum atomic E-state index is 13.4. The minimum atomic E-state index is -1.48. The Morgan fingerprint density at radius 3 is 1.29 bits per heavy atom. The first-order chi connectivity index (χ1) is 25.6. The van der Waals surface area contributed by atoms with Crippen LogP contribution in [0.5, 0.6) is 0 Å². The Morgan fingerprint density at radius 2 is 0.891 bits per heavy atom. The summed E-state index contributed by atoms with van der Waals surface area (Å²) in [7, 11) is 0. The fourth-order valence-electron chi connectivity index (χ4n) is 4.69. The van der Waals surface area contributed by atoms with Gasteiger partial charge in [0.05, 0.1) is 63.4 Å². The second kappa shape index (κ2) is 24.7. The third kappa shape index (κ3) is 19.9. The zero-order valence-electron chi connectivity index (χ0n) is 32.2. The lowest BCUT2D eigenvalue weighted by molar-refractivity contribution is -0.146. The molecule has 0 aromatic heterocycles. The number of carboxylic acids is 2. The Morgan fingerprint density at radius 1 is 0.509 bits per heavy atom. The van der Waals surface area contributed by atoms with Crippen LogP contribution in [0.4, 0.5) is 0 Å². The van der Waals surface area contributed by atoms with Gasteiger partial charge in [-0.15, -0.1) is 0 Å². The van der Waals surface area contributed by atoms with E-state index in [4.69, 9.17) is 0 Å². The van der Waals surface area contributed by atoms with Crippen LogP contribution in [0.2, 0.25) is 0 Å². The first kappa shape index (κ1) is 49.5. The van der Waals surface area contributed by atoms with E-state index in [9.17, 15) is 63.0 Å². The Bertz CT molecular complexity index is 1440. The van der Waals surface area contributed by atoms with Crippen LogP contribution in [0.15, 0.2) is 0 Å². The molecular weight excluding hydrogens is 730 g/mol. The number of aliphatic carboxylic acids is 2. The zero-order chi connectivity index (χ0) is 42.4. The highest BCUT2D eigenvalue weighted by Crippen LogP contribution is 2.15. The number of Topliss-reactive ketones (excluding diaryl/α,β-unsaturated/α-hetero) is 2. The molecule has 0 saturated heterocycles. The molecule has 22 heteroatoms. The summed E-state index contributed by atoms with van der Waals surface area (Å²) in [4.78, 5) is 136. The van der Waals surface area contributed by atoms with Gasteiger partial charge < -0.3 is 46.6 Å². The van der Waals surface area contributed by atoms with Crippen molar-refractivity contribution in [2.45, 2.75) is 71.9 Å². The molecule has 0 aliphatic carbocycles. The zero-order valence-corrected chi connectivity index (χ0v) is 32.2. The van der Waals surface area contributed by atoms with E-state index in [1.54, 1.807) is 20.8 Å². The number of carboxylic acid groups (broad SMARTS) is 2. The summed E-state index contributed by atoms with van der Waals surface area (Å²) in [5.41, 5.74) is -2.85. The maximum absolute atomic E-state index is 13.4. The third-order valence-electron chi connectivity index (χ3n) is 8.18. The number of nitrogens with zero attached hydrogens (tertiary/aromatic N) is 2. The molecule has 0 aromatic rings. The maximum Gasteiger partial charge on any atom is 0.323 e. The highest BCUT2D eigenvalue weighted by atomic mass is 16.4. The average molecular weight is 786 g/mol. The van der Waals surface area contributed by atoms with Crippen LogP contribution >= 0.6 is 0 Å². The van der Waals surface area contributed by atoms with Crippen LogP contribution in [0.1, 0.15) is 60.8 Å². The first-order valence-electron chi connectivity index (χ1n) is 17.5. The molecule has 0 aliphatic rings. The predicted octanol–water partition coefficient (Wildman–Crippen LogP) is -4.52. The Hall–Kier alpha value is -5.51. The van der Waals surface area contributed by atoms with Crippen molar-refractivity contribution < 1.29 is 63.0 Å². The second-order valence-electron chi connectivity index (χ2n) is 12.8.